The van der Waals surface area contributed by atoms with Gasteiger partial charge in [-0.25, -0.2) is 0 Å². The van der Waals surface area contributed by atoms with Crippen molar-refractivity contribution < 1.29 is 42.0 Å². The fraction of sp³-hybridized carbons (Fsp3) is 0.800. The molecule has 1 saturated heterocycles. The molecule has 0 N–H and O–H groups in total. The maximum Gasteiger partial charge on any atom is 0.108 e. The van der Waals surface area contributed by atoms with Gasteiger partial charge in [-0.15, -0.1) is 0 Å². The van der Waals surface area contributed by atoms with Gasteiger partial charge in [-0.2, -0.15) is 0 Å². The van der Waals surface area contributed by atoms with Crippen molar-refractivity contribution in [2.75, 3.05) is 0 Å². The first kappa shape index (κ1) is 11.5. The molecule has 0 aromatic heterocycles. The maximum atomic E-state index is 5.44. The summed E-state index contributed by atoms with van der Waals surface area (Å²) >= 11 is 0. The second-order valence-electron chi connectivity index (χ2n) is 2.12. The summed E-state index contributed by atoms with van der Waals surface area (Å²) in [5.74, 6) is 0. The normalized spacial score (nSPS) is 39.2. The van der Waals surface area contributed by atoms with Gasteiger partial charge in [-0.05, 0) is 12.5 Å². The molecule has 10 heavy (non-hydrogen) atoms. The van der Waals surface area contributed by atoms with Crippen LogP contribution in [0.25, 0.3) is 0 Å². The van der Waals surface area contributed by atoms with E-state index in [9.17, 15) is 0 Å². The van der Waals surface area contributed by atoms with Gasteiger partial charge in [0.15, 0.2) is 0 Å². The standard InChI is InChI=1S/C5H9BO2P.Y/c1-3-4(8-9)2-5(6)7-3;/h3-5H,1-2,9H2;/q-1;. The van der Waals surface area contributed by atoms with Gasteiger partial charge < -0.3 is 16.2 Å². The minimum Gasteiger partial charge on any atom is -0.414 e. The van der Waals surface area contributed by atoms with Gasteiger partial charge in [0.05, 0.1) is 6.10 Å². The molecule has 3 radical (unpaired) electrons. The Kier molecular flexibility index (Phi) is 6.01. The van der Waals surface area contributed by atoms with Crippen LogP contribution in [0, 0.1) is 6.92 Å². The summed E-state index contributed by atoms with van der Waals surface area (Å²) in [6.07, 6.45) is 0.667. The summed E-state index contributed by atoms with van der Waals surface area (Å²) in [6, 6.07) is -0.196. The van der Waals surface area contributed by atoms with Crippen molar-refractivity contribution in [2.45, 2.75) is 24.6 Å². The van der Waals surface area contributed by atoms with Gasteiger partial charge in [0.2, 0.25) is 0 Å². The topological polar surface area (TPSA) is 18.5 Å². The Labute approximate surface area is 90.4 Å². The molecule has 4 atom stereocenters. The first-order valence-electron chi connectivity index (χ1n) is 2.83. The molecule has 0 spiro atoms. The number of ether oxygens (including phenoxy) is 1. The Bertz CT molecular complexity index is 106. The van der Waals surface area contributed by atoms with Crippen LogP contribution in [0.2, 0.25) is 0 Å². The van der Waals surface area contributed by atoms with Crippen molar-refractivity contribution in [3.8, 4) is 0 Å². The third-order valence-electron chi connectivity index (χ3n) is 1.40. The van der Waals surface area contributed by atoms with E-state index in [0.717, 1.165) is 6.42 Å². The molecule has 1 rings (SSSR count). The van der Waals surface area contributed by atoms with E-state index in [1.54, 1.807) is 0 Å². The third kappa shape index (κ3) is 2.87. The summed E-state index contributed by atoms with van der Waals surface area (Å²) < 4.78 is 10.0. The van der Waals surface area contributed by atoms with Crippen LogP contribution in [0.15, 0.2) is 0 Å². The van der Waals surface area contributed by atoms with Gasteiger partial charge in [0.1, 0.15) is 7.85 Å². The molecule has 5 heteroatoms. The van der Waals surface area contributed by atoms with Crippen LogP contribution in [0.5, 0.6) is 0 Å². The van der Waals surface area contributed by atoms with Crippen molar-refractivity contribution in [3.05, 3.63) is 6.92 Å². The molecule has 0 aromatic carbocycles. The SMILES string of the molecule is [B]C1CC(OP)C([CH2-])O1.[Y]. The van der Waals surface area contributed by atoms with Crippen molar-refractivity contribution in [1.82, 2.24) is 0 Å². The van der Waals surface area contributed by atoms with Crippen molar-refractivity contribution in [3.63, 3.8) is 0 Å². The summed E-state index contributed by atoms with van der Waals surface area (Å²) in [7, 11) is 7.63. The van der Waals surface area contributed by atoms with Gasteiger partial charge >= 0.3 is 0 Å². The largest absolute Gasteiger partial charge is 0.414 e. The van der Waals surface area contributed by atoms with Gasteiger partial charge in [0.25, 0.3) is 0 Å². The molecule has 0 aromatic rings. The molecule has 1 fully saturated rings. The monoisotopic (exact) mass is 232 g/mol. The van der Waals surface area contributed by atoms with Crippen LogP contribution in [-0.2, 0) is 42.0 Å². The minimum atomic E-state index is -0.196. The molecule has 2 nitrogen and oxygen atoms in total. The van der Waals surface area contributed by atoms with Crippen LogP contribution in [0.3, 0.4) is 0 Å². The van der Waals surface area contributed by atoms with E-state index in [4.69, 9.17) is 17.1 Å². The first-order chi connectivity index (χ1) is 4.24. The average molecular weight is 232 g/mol. The predicted molar refractivity (Wildman–Crippen MR) is 39.0 cm³/mol. The summed E-state index contributed by atoms with van der Waals surface area (Å²) in [4.78, 5) is 0. The fourth-order valence-corrected chi connectivity index (χ4v) is 1.18. The van der Waals surface area contributed by atoms with E-state index in [2.05, 4.69) is 16.4 Å². The molecule has 1 aliphatic rings. The molecule has 1 aliphatic heterocycles. The quantitative estimate of drug-likeness (QED) is 0.367. The fourth-order valence-electron chi connectivity index (χ4n) is 0.892. The van der Waals surface area contributed by atoms with Crippen LogP contribution in [0.1, 0.15) is 6.42 Å². The number of rotatable bonds is 1. The van der Waals surface area contributed by atoms with Gasteiger partial charge in [-0.3, -0.25) is 0 Å². The van der Waals surface area contributed by atoms with Crippen molar-refractivity contribution in [2.24, 2.45) is 0 Å². The van der Waals surface area contributed by atoms with Crippen LogP contribution in [0.4, 0.5) is 0 Å². The number of hydrogen-bond acceptors (Lipinski definition) is 2. The second-order valence-corrected chi connectivity index (χ2v) is 2.40. The number of hydrogen-bond donors (Lipinski definition) is 0. The van der Waals surface area contributed by atoms with Crippen LogP contribution >= 0.6 is 9.47 Å². The zero-order valence-electron chi connectivity index (χ0n) is 5.69. The Morgan fingerprint density at radius 3 is 2.50 bits per heavy atom. The van der Waals surface area contributed by atoms with E-state index in [1.807, 2.05) is 0 Å². The second kappa shape index (κ2) is 5.22. The zero-order valence-corrected chi connectivity index (χ0v) is 9.69. The summed E-state index contributed by atoms with van der Waals surface area (Å²) in [5.41, 5.74) is 0. The van der Waals surface area contributed by atoms with Gasteiger partial charge in [0, 0.05) is 48.2 Å². The van der Waals surface area contributed by atoms with E-state index >= 15 is 0 Å². The Balaban J connectivity index is 0.000000810. The van der Waals surface area contributed by atoms with E-state index in [0.29, 0.717) is 0 Å². The third-order valence-corrected chi connectivity index (χ3v) is 1.75. The Morgan fingerprint density at radius 1 is 1.70 bits per heavy atom. The molecule has 4 unspecified atom stereocenters. The Hall–Kier alpha value is 1.52. The van der Waals surface area contributed by atoms with Crippen LogP contribution < -0.4 is 0 Å². The van der Waals surface area contributed by atoms with Crippen LogP contribution in [-0.4, -0.2) is 26.1 Å². The zero-order chi connectivity index (χ0) is 6.85. The molecule has 0 saturated carbocycles. The summed E-state index contributed by atoms with van der Waals surface area (Å²) in [6.45, 7) is 3.70. The summed E-state index contributed by atoms with van der Waals surface area (Å²) in [5, 5.41) is 0. The van der Waals surface area contributed by atoms with Gasteiger partial charge in [-0.1, -0.05) is 0 Å². The van der Waals surface area contributed by atoms with Crippen molar-refractivity contribution >= 4 is 17.3 Å². The molecule has 0 bridgehead atoms. The Morgan fingerprint density at radius 2 is 2.30 bits per heavy atom. The molecular weight excluding hydrogens is 223 g/mol. The van der Waals surface area contributed by atoms with E-state index in [-0.39, 0.29) is 50.9 Å². The average Bonchev–Trinajstić information content (AvgIpc) is 2.10. The molecule has 0 aliphatic carbocycles. The minimum absolute atomic E-state index is 0. The van der Waals surface area contributed by atoms with E-state index < -0.39 is 0 Å². The maximum absolute atomic E-state index is 5.44. The molecule has 53 valence electrons. The molecular formula is C5H9BO2PY-. The predicted octanol–water partition coefficient (Wildman–Crippen LogP) is 0.277. The molecule has 0 amide bonds. The molecule has 1 heterocycles. The smallest absolute Gasteiger partial charge is 0.108 e. The first-order valence-corrected chi connectivity index (χ1v) is 3.31. The van der Waals surface area contributed by atoms with E-state index in [1.165, 1.54) is 0 Å². The van der Waals surface area contributed by atoms with Crippen molar-refractivity contribution in [1.29, 1.82) is 0 Å².